The quantitative estimate of drug-likeness (QED) is 0.687. The van der Waals surface area contributed by atoms with E-state index < -0.39 is 0 Å². The Kier molecular flexibility index (Phi) is 7.98. The summed E-state index contributed by atoms with van der Waals surface area (Å²) >= 11 is 0. The molecule has 3 heteroatoms. The number of rotatable bonds is 8. The Hall–Kier alpha value is -0.120. The van der Waals surface area contributed by atoms with E-state index in [1.165, 1.54) is 0 Å². The lowest BCUT2D eigenvalue weighted by Crippen LogP contribution is -2.49. The molecule has 0 aromatic rings. The van der Waals surface area contributed by atoms with Gasteiger partial charge in [-0.1, -0.05) is 20.8 Å². The van der Waals surface area contributed by atoms with Crippen LogP contribution in [0.5, 0.6) is 0 Å². The summed E-state index contributed by atoms with van der Waals surface area (Å²) in [4.78, 5) is 4.76. The van der Waals surface area contributed by atoms with Crippen LogP contribution in [0.2, 0.25) is 0 Å². The van der Waals surface area contributed by atoms with Gasteiger partial charge >= 0.3 is 0 Å². The highest BCUT2D eigenvalue weighted by molar-refractivity contribution is 4.78. The van der Waals surface area contributed by atoms with E-state index in [0.717, 1.165) is 26.1 Å². The van der Waals surface area contributed by atoms with Gasteiger partial charge in [0, 0.05) is 31.7 Å². The van der Waals surface area contributed by atoms with E-state index in [4.69, 9.17) is 5.73 Å². The maximum atomic E-state index is 6.14. The predicted octanol–water partition coefficient (Wildman–Crippen LogP) is 1.63. The fourth-order valence-corrected chi connectivity index (χ4v) is 1.87. The van der Waals surface area contributed by atoms with Crippen molar-refractivity contribution in [2.45, 2.75) is 46.2 Å². The van der Waals surface area contributed by atoms with Gasteiger partial charge in [0.2, 0.25) is 0 Å². The van der Waals surface area contributed by atoms with E-state index in [-0.39, 0.29) is 0 Å². The molecule has 0 radical (unpaired) electrons. The van der Waals surface area contributed by atoms with Gasteiger partial charge in [0.05, 0.1) is 0 Å². The van der Waals surface area contributed by atoms with Crippen molar-refractivity contribution in [3.8, 4) is 0 Å². The number of hydrogen-bond acceptors (Lipinski definition) is 3. The molecule has 2 atom stereocenters. The summed E-state index contributed by atoms with van der Waals surface area (Å²) in [6.07, 6.45) is 1.05. The van der Waals surface area contributed by atoms with Gasteiger partial charge in [0.25, 0.3) is 0 Å². The van der Waals surface area contributed by atoms with Gasteiger partial charge in [-0.05, 0) is 33.4 Å². The Labute approximate surface area is 102 Å². The highest BCUT2D eigenvalue weighted by atomic mass is 15.2. The van der Waals surface area contributed by atoms with E-state index in [2.05, 4.69) is 51.6 Å². The van der Waals surface area contributed by atoms with Crippen LogP contribution in [0.1, 0.15) is 34.1 Å². The van der Waals surface area contributed by atoms with Crippen LogP contribution in [0.4, 0.5) is 0 Å². The molecule has 3 nitrogen and oxygen atoms in total. The molecule has 2 unspecified atom stereocenters. The topological polar surface area (TPSA) is 32.5 Å². The van der Waals surface area contributed by atoms with E-state index in [0.29, 0.717) is 18.0 Å². The third-order valence-corrected chi connectivity index (χ3v) is 3.10. The molecule has 0 fully saturated rings. The zero-order valence-corrected chi connectivity index (χ0v) is 12.0. The van der Waals surface area contributed by atoms with Gasteiger partial charge in [-0.15, -0.1) is 0 Å². The van der Waals surface area contributed by atoms with Crippen molar-refractivity contribution in [3.05, 3.63) is 0 Å². The van der Waals surface area contributed by atoms with Crippen molar-refractivity contribution in [2.24, 2.45) is 11.7 Å². The van der Waals surface area contributed by atoms with Gasteiger partial charge in [-0.3, -0.25) is 4.90 Å². The normalized spacial score (nSPS) is 16.1. The van der Waals surface area contributed by atoms with Crippen molar-refractivity contribution in [3.63, 3.8) is 0 Å². The molecular formula is C13H31N3. The monoisotopic (exact) mass is 229 g/mol. The van der Waals surface area contributed by atoms with Gasteiger partial charge < -0.3 is 10.6 Å². The molecule has 0 saturated carbocycles. The summed E-state index contributed by atoms with van der Waals surface area (Å²) in [5, 5.41) is 0. The van der Waals surface area contributed by atoms with Gasteiger partial charge in [-0.2, -0.15) is 0 Å². The van der Waals surface area contributed by atoms with Crippen molar-refractivity contribution < 1.29 is 0 Å². The molecule has 98 valence electrons. The molecule has 0 aliphatic carbocycles. The lowest BCUT2D eigenvalue weighted by atomic mass is 10.0. The van der Waals surface area contributed by atoms with Crippen LogP contribution in [-0.2, 0) is 0 Å². The summed E-state index contributed by atoms with van der Waals surface area (Å²) in [6, 6.07) is 0.772. The molecule has 16 heavy (non-hydrogen) atoms. The molecule has 0 rings (SSSR count). The lowest BCUT2D eigenvalue weighted by molar-refractivity contribution is 0.149. The zero-order chi connectivity index (χ0) is 12.7. The largest absolute Gasteiger partial charge is 0.326 e. The molecule has 0 heterocycles. The molecule has 0 bridgehead atoms. The minimum Gasteiger partial charge on any atom is -0.326 e. The second-order valence-corrected chi connectivity index (χ2v) is 5.50. The second kappa shape index (κ2) is 8.04. The van der Waals surface area contributed by atoms with Crippen LogP contribution in [0.3, 0.4) is 0 Å². The number of likely N-dealkylation sites (N-methyl/N-ethyl adjacent to an activating group) is 1. The van der Waals surface area contributed by atoms with Crippen molar-refractivity contribution in [1.82, 2.24) is 9.80 Å². The standard InChI is InChI=1S/C13H31N3/c1-7-13(14)12(4)16(10-11(2)3)9-8-15(5)6/h11-13H,7-10,14H2,1-6H3. The predicted molar refractivity (Wildman–Crippen MR) is 72.7 cm³/mol. The fourth-order valence-electron chi connectivity index (χ4n) is 1.87. The maximum Gasteiger partial charge on any atom is 0.0219 e. The number of nitrogens with two attached hydrogens (primary N) is 1. The van der Waals surface area contributed by atoms with Crippen molar-refractivity contribution in [1.29, 1.82) is 0 Å². The maximum absolute atomic E-state index is 6.14. The molecule has 0 aromatic heterocycles. The lowest BCUT2D eigenvalue weighted by Gasteiger charge is -2.34. The van der Waals surface area contributed by atoms with Crippen LogP contribution in [0.15, 0.2) is 0 Å². The minimum atomic E-state index is 0.293. The zero-order valence-electron chi connectivity index (χ0n) is 12.0. The van der Waals surface area contributed by atoms with Gasteiger partial charge in [0.15, 0.2) is 0 Å². The SMILES string of the molecule is CCC(N)C(C)N(CCN(C)C)CC(C)C. The highest BCUT2D eigenvalue weighted by Gasteiger charge is 2.19. The molecule has 0 aromatic carbocycles. The first-order valence-electron chi connectivity index (χ1n) is 6.52. The van der Waals surface area contributed by atoms with Crippen LogP contribution in [0, 0.1) is 5.92 Å². The first-order chi connectivity index (χ1) is 7.38. The summed E-state index contributed by atoms with van der Waals surface area (Å²) in [5.41, 5.74) is 6.14. The average molecular weight is 229 g/mol. The van der Waals surface area contributed by atoms with Crippen LogP contribution < -0.4 is 5.73 Å². The van der Waals surface area contributed by atoms with Crippen LogP contribution >= 0.6 is 0 Å². The van der Waals surface area contributed by atoms with Crippen molar-refractivity contribution >= 4 is 0 Å². The van der Waals surface area contributed by atoms with Gasteiger partial charge in [0.1, 0.15) is 0 Å². The molecule has 2 N–H and O–H groups in total. The smallest absolute Gasteiger partial charge is 0.0219 e. The molecular weight excluding hydrogens is 198 g/mol. The Bertz CT molecular complexity index is 169. The minimum absolute atomic E-state index is 0.293. The summed E-state index contributed by atoms with van der Waals surface area (Å²) in [7, 11) is 4.25. The Morgan fingerprint density at radius 2 is 1.62 bits per heavy atom. The summed E-state index contributed by atoms with van der Waals surface area (Å²) in [6.45, 7) is 12.3. The molecule has 0 aliphatic rings. The third kappa shape index (κ3) is 6.46. The number of nitrogens with zero attached hydrogens (tertiary/aromatic N) is 2. The summed E-state index contributed by atoms with van der Waals surface area (Å²) < 4.78 is 0. The van der Waals surface area contributed by atoms with Gasteiger partial charge in [-0.25, -0.2) is 0 Å². The van der Waals surface area contributed by atoms with E-state index in [1.54, 1.807) is 0 Å². The molecule has 0 saturated heterocycles. The second-order valence-electron chi connectivity index (χ2n) is 5.50. The van der Waals surface area contributed by atoms with E-state index in [1.807, 2.05) is 0 Å². The summed E-state index contributed by atoms with van der Waals surface area (Å²) in [5.74, 6) is 0.702. The third-order valence-electron chi connectivity index (χ3n) is 3.10. The Morgan fingerprint density at radius 1 is 1.06 bits per heavy atom. The molecule has 0 amide bonds. The van der Waals surface area contributed by atoms with Crippen LogP contribution in [0.25, 0.3) is 0 Å². The first kappa shape index (κ1) is 15.9. The fraction of sp³-hybridized carbons (Fsp3) is 1.00. The average Bonchev–Trinajstić information content (AvgIpc) is 2.21. The number of hydrogen-bond donors (Lipinski definition) is 1. The van der Waals surface area contributed by atoms with Crippen molar-refractivity contribution in [2.75, 3.05) is 33.7 Å². The molecule has 0 aliphatic heterocycles. The molecule has 0 spiro atoms. The first-order valence-corrected chi connectivity index (χ1v) is 6.52. The van der Waals surface area contributed by atoms with E-state index >= 15 is 0 Å². The Balaban J connectivity index is 4.28. The van der Waals surface area contributed by atoms with E-state index in [9.17, 15) is 0 Å². The highest BCUT2D eigenvalue weighted by Crippen LogP contribution is 2.09. The van der Waals surface area contributed by atoms with Crippen LogP contribution in [-0.4, -0.2) is 55.6 Å². The Morgan fingerprint density at radius 3 is 2.00 bits per heavy atom.